The summed E-state index contributed by atoms with van der Waals surface area (Å²) in [5, 5.41) is 17.3. The lowest BCUT2D eigenvalue weighted by atomic mass is 9.53. The average Bonchev–Trinajstić information content (AvgIpc) is 3.63. The van der Waals surface area contributed by atoms with Crippen LogP contribution in [0.4, 0.5) is 0 Å². The second kappa shape index (κ2) is 10.6. The fourth-order valence-electron chi connectivity index (χ4n) is 5.49. The predicted octanol–water partition coefficient (Wildman–Crippen LogP) is 0.598. The van der Waals surface area contributed by atoms with Gasteiger partial charge in [-0.25, -0.2) is 4.99 Å². The van der Waals surface area contributed by atoms with E-state index in [-0.39, 0.29) is 36.3 Å². The Balaban J connectivity index is 1.44. The third-order valence-corrected chi connectivity index (χ3v) is 7.79. The number of hydrogen-bond acceptors (Lipinski definition) is 7. The fourth-order valence-corrected chi connectivity index (χ4v) is 5.49. The van der Waals surface area contributed by atoms with Crippen molar-refractivity contribution in [1.82, 2.24) is 19.9 Å². The number of amidine groups is 1. The predicted molar refractivity (Wildman–Crippen MR) is 151 cm³/mol. The van der Waals surface area contributed by atoms with E-state index in [0.717, 1.165) is 11.3 Å². The summed E-state index contributed by atoms with van der Waals surface area (Å²) in [6.45, 7) is 5.63. The second-order valence-corrected chi connectivity index (χ2v) is 10.8. The number of carbonyl (C=O) groups excluding carboxylic acids is 2. The molecule has 1 fully saturated rings. The third-order valence-electron chi connectivity index (χ3n) is 7.79. The van der Waals surface area contributed by atoms with E-state index in [1.807, 2.05) is 44.2 Å². The molecule has 3 radical (unpaired) electrons. The van der Waals surface area contributed by atoms with Gasteiger partial charge in [0.15, 0.2) is 5.54 Å². The lowest BCUT2D eigenvalue weighted by molar-refractivity contribution is -0.134. The van der Waals surface area contributed by atoms with Gasteiger partial charge >= 0.3 is 0 Å². The van der Waals surface area contributed by atoms with Gasteiger partial charge in [0.25, 0.3) is 11.5 Å². The Labute approximate surface area is 234 Å². The maximum atomic E-state index is 13.8. The molecule has 3 aromatic rings. The number of β-amino-alcohol motifs (C(OH)–C–C–N with tert-alkyl or cyclic N) is 1. The zero-order chi connectivity index (χ0) is 28.8. The first kappa shape index (κ1) is 27.6. The van der Waals surface area contributed by atoms with Gasteiger partial charge in [-0.05, 0) is 36.1 Å². The van der Waals surface area contributed by atoms with Gasteiger partial charge in [0.1, 0.15) is 24.7 Å². The number of nitrogens with one attached hydrogen (secondary N) is 1. The number of likely N-dealkylation sites (tertiary alicyclic amines) is 1. The highest BCUT2D eigenvalue weighted by Gasteiger charge is 2.48. The smallest absolute Gasteiger partial charge is 0.257 e. The molecule has 40 heavy (non-hydrogen) atoms. The zero-order valence-corrected chi connectivity index (χ0v) is 22.9. The lowest BCUT2D eigenvalue weighted by Gasteiger charge is -2.29. The Morgan fingerprint density at radius 1 is 1.23 bits per heavy atom. The highest BCUT2D eigenvalue weighted by atomic mass is 16.5. The van der Waals surface area contributed by atoms with Crippen molar-refractivity contribution >= 4 is 38.2 Å². The molecule has 203 valence electrons. The molecule has 1 saturated heterocycles. The molecule has 12 heteroatoms. The standard InChI is InChI=1S/C28H30B2N5O5/c1-15(2)24(21-13-22(30-29)33-40-21)26(38)35-14-18(36)12-20(35)25-31-27(39)28(3,32-25)17-10-8-16(9-11-17)19-6-5-7-23(37)34(19)4/h5-11,13,15,18,20,24,36H,12,14H2,1-4H3,(H,31,32,39)/t18-,20+,24?,28?/m1/s1. The van der Waals surface area contributed by atoms with Crippen molar-refractivity contribution in [3.05, 3.63) is 70.2 Å². The fraction of sp³-hybridized carbons (Fsp3) is 0.393. The highest BCUT2D eigenvalue weighted by molar-refractivity contribution is 6.97. The molecule has 1 aromatic carbocycles. The molecule has 2 unspecified atom stereocenters. The zero-order valence-electron chi connectivity index (χ0n) is 22.9. The van der Waals surface area contributed by atoms with Crippen LogP contribution in [0.3, 0.4) is 0 Å². The first-order chi connectivity index (χ1) is 19.0. The van der Waals surface area contributed by atoms with Gasteiger partial charge in [-0.3, -0.25) is 14.4 Å². The number of aliphatic hydroxyl groups is 1. The Kier molecular flexibility index (Phi) is 7.31. The van der Waals surface area contributed by atoms with Gasteiger partial charge in [-0.15, -0.1) is 0 Å². The number of aliphatic hydroxyl groups excluding tert-OH is 1. The number of carbonyl (C=O) groups is 2. The van der Waals surface area contributed by atoms with E-state index < -0.39 is 23.6 Å². The van der Waals surface area contributed by atoms with Crippen LogP contribution < -0.4 is 16.5 Å². The molecule has 2 aromatic heterocycles. The van der Waals surface area contributed by atoms with Crippen molar-refractivity contribution in [3.8, 4) is 11.3 Å². The van der Waals surface area contributed by atoms with E-state index in [1.54, 1.807) is 35.6 Å². The van der Waals surface area contributed by atoms with E-state index in [1.165, 1.54) is 13.2 Å². The molecule has 0 spiro atoms. The highest BCUT2D eigenvalue weighted by Crippen LogP contribution is 2.35. The summed E-state index contributed by atoms with van der Waals surface area (Å²) in [6.07, 6.45) is -0.530. The molecular formula is C28H30B2N5O5. The third kappa shape index (κ3) is 4.81. The molecule has 2 aliphatic rings. The quantitative estimate of drug-likeness (QED) is 0.424. The minimum atomic E-state index is -1.23. The SMILES string of the molecule is [B][B]c1cc(C(C(=O)N2C[C@H](O)C[C@H]2C2=NC(C)(c3ccc(-c4cccc(=O)n4C)cc3)C(=O)N2)C(C)C)on1. The van der Waals surface area contributed by atoms with E-state index in [9.17, 15) is 19.5 Å². The van der Waals surface area contributed by atoms with Crippen LogP contribution in [0.15, 0.2) is 62.8 Å². The summed E-state index contributed by atoms with van der Waals surface area (Å²) < 4.78 is 6.98. The number of pyridine rings is 1. The second-order valence-electron chi connectivity index (χ2n) is 10.8. The van der Waals surface area contributed by atoms with Crippen LogP contribution in [0.5, 0.6) is 0 Å². The largest absolute Gasteiger partial charge is 0.391 e. The summed E-state index contributed by atoms with van der Waals surface area (Å²) in [5.41, 5.74) is 1.32. The molecular weight excluding hydrogens is 508 g/mol. The normalized spacial score (nSPS) is 23.3. The first-order valence-corrected chi connectivity index (χ1v) is 13.2. The Hall–Kier alpha value is -3.92. The van der Waals surface area contributed by atoms with Gasteiger partial charge < -0.3 is 24.4 Å². The van der Waals surface area contributed by atoms with Gasteiger partial charge in [-0.2, -0.15) is 0 Å². The molecule has 0 aliphatic carbocycles. The van der Waals surface area contributed by atoms with Crippen LogP contribution in [0.1, 0.15) is 44.4 Å². The van der Waals surface area contributed by atoms with Crippen LogP contribution >= 0.6 is 0 Å². The van der Waals surface area contributed by atoms with Crippen LogP contribution in [0, 0.1) is 5.92 Å². The van der Waals surface area contributed by atoms with E-state index in [0.29, 0.717) is 22.8 Å². The Morgan fingerprint density at radius 2 is 1.95 bits per heavy atom. The van der Waals surface area contributed by atoms with Crippen molar-refractivity contribution in [3.63, 3.8) is 0 Å². The summed E-state index contributed by atoms with van der Waals surface area (Å²) in [7, 11) is 8.56. The molecule has 5 rings (SSSR count). The minimum Gasteiger partial charge on any atom is -0.391 e. The van der Waals surface area contributed by atoms with E-state index >= 15 is 0 Å². The monoisotopic (exact) mass is 538 g/mol. The molecule has 2 N–H and O–H groups in total. The maximum absolute atomic E-state index is 13.8. The molecule has 4 atom stereocenters. The van der Waals surface area contributed by atoms with Crippen LogP contribution in [0.2, 0.25) is 0 Å². The summed E-state index contributed by atoms with van der Waals surface area (Å²) >= 11 is 0. The maximum Gasteiger partial charge on any atom is 0.257 e. The number of aromatic nitrogens is 2. The van der Waals surface area contributed by atoms with Gasteiger partial charge in [0.05, 0.1) is 17.8 Å². The summed E-state index contributed by atoms with van der Waals surface area (Å²) in [5.74, 6) is -0.635. The molecule has 0 bridgehead atoms. The van der Waals surface area contributed by atoms with E-state index in [4.69, 9.17) is 17.3 Å². The Bertz CT molecular complexity index is 1530. The number of hydrogen-bond donors (Lipinski definition) is 2. The van der Waals surface area contributed by atoms with Crippen molar-refractivity contribution < 1.29 is 19.2 Å². The van der Waals surface area contributed by atoms with Crippen LogP contribution in [-0.2, 0) is 22.2 Å². The molecule has 10 nitrogen and oxygen atoms in total. The van der Waals surface area contributed by atoms with Gasteiger partial charge in [-0.1, -0.05) is 49.3 Å². The number of amides is 2. The molecule has 2 aliphatic heterocycles. The Morgan fingerprint density at radius 3 is 2.60 bits per heavy atom. The number of nitrogens with zero attached hydrogens (tertiary/aromatic N) is 4. The lowest BCUT2D eigenvalue weighted by Crippen LogP contribution is -2.48. The number of aliphatic imine (C=N–C) groups is 1. The number of benzene rings is 1. The van der Waals surface area contributed by atoms with Gasteiger partial charge in [0, 0.05) is 39.4 Å². The van der Waals surface area contributed by atoms with Crippen molar-refractivity contribution in [1.29, 1.82) is 0 Å². The minimum absolute atomic E-state index is 0.104. The van der Waals surface area contributed by atoms with Crippen LogP contribution in [0.25, 0.3) is 11.3 Å². The summed E-state index contributed by atoms with van der Waals surface area (Å²) in [6, 6.07) is 13.4. The molecule has 2 amide bonds. The first-order valence-electron chi connectivity index (χ1n) is 13.2. The topological polar surface area (TPSA) is 130 Å². The number of rotatable bonds is 7. The average molecular weight is 538 g/mol. The molecule has 0 saturated carbocycles. The van der Waals surface area contributed by atoms with Crippen molar-refractivity contribution in [2.45, 2.75) is 50.8 Å². The van der Waals surface area contributed by atoms with Crippen molar-refractivity contribution in [2.75, 3.05) is 6.54 Å². The summed E-state index contributed by atoms with van der Waals surface area (Å²) in [4.78, 5) is 45.5. The van der Waals surface area contributed by atoms with Crippen LogP contribution in [-0.4, -0.2) is 71.0 Å². The van der Waals surface area contributed by atoms with Gasteiger partial charge in [0.2, 0.25) is 5.91 Å². The van der Waals surface area contributed by atoms with Crippen molar-refractivity contribution in [2.24, 2.45) is 18.0 Å². The van der Waals surface area contributed by atoms with E-state index in [2.05, 4.69) is 10.5 Å². The molecule has 4 heterocycles.